The first-order chi connectivity index (χ1) is 5.84. The summed E-state index contributed by atoms with van der Waals surface area (Å²) in [5.41, 5.74) is -0.786. The Hall–Kier alpha value is -0.810. The van der Waals surface area contributed by atoms with E-state index in [9.17, 15) is 13.2 Å². The Morgan fingerprint density at radius 2 is 1.69 bits per heavy atom. The number of halogens is 3. The minimum atomic E-state index is -4.59. The first kappa shape index (κ1) is 10.3. The molecule has 0 radical (unpaired) electrons. The van der Waals surface area contributed by atoms with Crippen LogP contribution in [0.5, 0.6) is 0 Å². The van der Waals surface area contributed by atoms with Gasteiger partial charge in [0.15, 0.2) is 0 Å². The van der Waals surface area contributed by atoms with Crippen molar-refractivity contribution in [2.24, 2.45) is 0 Å². The molecule has 2 nitrogen and oxygen atoms in total. The molecule has 0 amide bonds. The third-order valence-electron chi connectivity index (χ3n) is 1.94. The van der Waals surface area contributed by atoms with Crippen LogP contribution in [0.25, 0.3) is 0 Å². The molecule has 2 atom stereocenters. The third kappa shape index (κ3) is 1.92. The standard InChI is InChI=1S/C8H9F3O2/c1-4-2-3-5(8(9,10)11)7(13)6(4)12/h2-3,6-7,12-13H,1H3/t6-,7+/m0/s1. The topological polar surface area (TPSA) is 40.5 Å². The van der Waals surface area contributed by atoms with E-state index in [1.807, 2.05) is 0 Å². The van der Waals surface area contributed by atoms with E-state index in [1.165, 1.54) is 6.92 Å². The number of hydrogen-bond acceptors (Lipinski definition) is 2. The molecule has 0 aromatic carbocycles. The van der Waals surface area contributed by atoms with Gasteiger partial charge in [0.1, 0.15) is 12.2 Å². The van der Waals surface area contributed by atoms with Crippen LogP contribution < -0.4 is 0 Å². The summed E-state index contributed by atoms with van der Waals surface area (Å²) in [6.07, 6.45) is -5.98. The van der Waals surface area contributed by atoms with Gasteiger partial charge < -0.3 is 10.2 Å². The smallest absolute Gasteiger partial charge is 0.386 e. The highest BCUT2D eigenvalue weighted by Gasteiger charge is 2.42. The summed E-state index contributed by atoms with van der Waals surface area (Å²) in [5.74, 6) is 0. The van der Waals surface area contributed by atoms with E-state index in [0.29, 0.717) is 5.57 Å². The normalized spacial score (nSPS) is 29.7. The van der Waals surface area contributed by atoms with Crippen molar-refractivity contribution in [3.05, 3.63) is 23.3 Å². The predicted molar refractivity (Wildman–Crippen MR) is 39.9 cm³/mol. The van der Waals surface area contributed by atoms with Crippen LogP contribution in [-0.2, 0) is 0 Å². The largest absolute Gasteiger partial charge is 0.415 e. The Labute approximate surface area is 73.0 Å². The highest BCUT2D eigenvalue weighted by molar-refractivity contribution is 5.32. The summed E-state index contributed by atoms with van der Waals surface area (Å²) >= 11 is 0. The van der Waals surface area contributed by atoms with E-state index in [0.717, 1.165) is 12.2 Å². The fourth-order valence-corrected chi connectivity index (χ4v) is 1.10. The highest BCUT2D eigenvalue weighted by atomic mass is 19.4. The second-order valence-electron chi connectivity index (χ2n) is 2.92. The van der Waals surface area contributed by atoms with Gasteiger partial charge >= 0.3 is 6.18 Å². The first-order valence-electron chi connectivity index (χ1n) is 3.65. The first-order valence-corrected chi connectivity index (χ1v) is 3.65. The van der Waals surface area contributed by atoms with Gasteiger partial charge in [-0.3, -0.25) is 0 Å². The molecule has 1 aliphatic carbocycles. The number of hydrogen-bond donors (Lipinski definition) is 2. The molecule has 1 rings (SSSR count). The number of aliphatic hydroxyl groups is 2. The molecule has 0 spiro atoms. The van der Waals surface area contributed by atoms with Crippen molar-refractivity contribution in [3.63, 3.8) is 0 Å². The fourth-order valence-electron chi connectivity index (χ4n) is 1.10. The molecular formula is C8H9F3O2. The van der Waals surface area contributed by atoms with Crippen molar-refractivity contribution in [3.8, 4) is 0 Å². The molecule has 2 N–H and O–H groups in total. The van der Waals surface area contributed by atoms with E-state index >= 15 is 0 Å². The number of aliphatic hydroxyl groups excluding tert-OH is 2. The maximum Gasteiger partial charge on any atom is 0.415 e. The molecule has 0 saturated heterocycles. The van der Waals surface area contributed by atoms with Crippen LogP contribution in [-0.4, -0.2) is 28.6 Å². The van der Waals surface area contributed by atoms with Crippen molar-refractivity contribution in [2.45, 2.75) is 25.3 Å². The predicted octanol–water partition coefficient (Wildman–Crippen LogP) is 1.16. The second kappa shape index (κ2) is 3.16. The van der Waals surface area contributed by atoms with Crippen LogP contribution in [0.3, 0.4) is 0 Å². The molecule has 74 valence electrons. The summed E-state index contributed by atoms with van der Waals surface area (Å²) in [5, 5.41) is 18.2. The fraction of sp³-hybridized carbons (Fsp3) is 0.500. The Morgan fingerprint density at radius 3 is 2.15 bits per heavy atom. The van der Waals surface area contributed by atoms with Crippen LogP contribution >= 0.6 is 0 Å². The lowest BCUT2D eigenvalue weighted by Gasteiger charge is -2.25. The third-order valence-corrected chi connectivity index (χ3v) is 1.94. The molecule has 0 bridgehead atoms. The summed E-state index contributed by atoms with van der Waals surface area (Å²) in [6, 6.07) is 0. The molecule has 0 aliphatic heterocycles. The molecule has 0 saturated carbocycles. The molecule has 13 heavy (non-hydrogen) atoms. The van der Waals surface area contributed by atoms with Crippen molar-refractivity contribution < 1.29 is 23.4 Å². The molecule has 0 unspecified atom stereocenters. The van der Waals surface area contributed by atoms with Gasteiger partial charge in [0.25, 0.3) is 0 Å². The van der Waals surface area contributed by atoms with Crippen LogP contribution in [0, 0.1) is 0 Å². The zero-order valence-electron chi connectivity index (χ0n) is 6.84. The minimum absolute atomic E-state index is 0.320. The van der Waals surface area contributed by atoms with Gasteiger partial charge in [0.2, 0.25) is 0 Å². The lowest BCUT2D eigenvalue weighted by atomic mass is 9.93. The van der Waals surface area contributed by atoms with Gasteiger partial charge in [-0.05, 0) is 12.5 Å². The van der Waals surface area contributed by atoms with E-state index < -0.39 is 24.0 Å². The van der Waals surface area contributed by atoms with Crippen molar-refractivity contribution in [2.75, 3.05) is 0 Å². The average Bonchev–Trinajstić information content (AvgIpc) is 1.98. The van der Waals surface area contributed by atoms with Crippen LogP contribution in [0.4, 0.5) is 13.2 Å². The highest BCUT2D eigenvalue weighted by Crippen LogP contribution is 2.33. The number of alkyl halides is 3. The summed E-state index contributed by atoms with van der Waals surface area (Å²) in [6.45, 7) is 1.46. The van der Waals surface area contributed by atoms with Gasteiger partial charge in [0.05, 0.1) is 5.57 Å². The lowest BCUT2D eigenvalue weighted by Crippen LogP contribution is -2.36. The van der Waals surface area contributed by atoms with Crippen LogP contribution in [0.15, 0.2) is 23.3 Å². The Bertz CT molecular complexity index is 265. The molecule has 1 aliphatic rings. The molecule has 0 heterocycles. The summed E-state index contributed by atoms with van der Waals surface area (Å²) < 4.78 is 36.4. The zero-order valence-corrected chi connectivity index (χ0v) is 6.84. The van der Waals surface area contributed by atoms with Gasteiger partial charge in [-0.1, -0.05) is 12.2 Å². The molecule has 5 heteroatoms. The summed E-state index contributed by atoms with van der Waals surface area (Å²) in [4.78, 5) is 0. The summed E-state index contributed by atoms with van der Waals surface area (Å²) in [7, 11) is 0. The van der Waals surface area contributed by atoms with Gasteiger partial charge in [-0.15, -0.1) is 0 Å². The Kier molecular flexibility index (Phi) is 2.49. The second-order valence-corrected chi connectivity index (χ2v) is 2.92. The minimum Gasteiger partial charge on any atom is -0.386 e. The van der Waals surface area contributed by atoms with E-state index in [4.69, 9.17) is 10.2 Å². The van der Waals surface area contributed by atoms with Crippen LogP contribution in [0.2, 0.25) is 0 Å². The molecular weight excluding hydrogens is 185 g/mol. The average molecular weight is 194 g/mol. The van der Waals surface area contributed by atoms with Gasteiger partial charge in [-0.25, -0.2) is 0 Å². The monoisotopic (exact) mass is 194 g/mol. The Morgan fingerprint density at radius 1 is 1.15 bits per heavy atom. The molecule has 0 fully saturated rings. The molecule has 0 aromatic rings. The quantitative estimate of drug-likeness (QED) is 0.607. The van der Waals surface area contributed by atoms with Gasteiger partial charge in [0, 0.05) is 0 Å². The van der Waals surface area contributed by atoms with Crippen molar-refractivity contribution >= 4 is 0 Å². The molecule has 0 aromatic heterocycles. The number of allylic oxidation sites excluding steroid dienone is 2. The SMILES string of the molecule is CC1=CC=C(C(F)(F)F)[C@@H](O)[C@H]1O. The van der Waals surface area contributed by atoms with E-state index in [1.54, 1.807) is 0 Å². The van der Waals surface area contributed by atoms with E-state index in [-0.39, 0.29) is 0 Å². The van der Waals surface area contributed by atoms with Crippen molar-refractivity contribution in [1.29, 1.82) is 0 Å². The van der Waals surface area contributed by atoms with Crippen molar-refractivity contribution in [1.82, 2.24) is 0 Å². The maximum atomic E-state index is 12.1. The van der Waals surface area contributed by atoms with Crippen LogP contribution in [0.1, 0.15) is 6.92 Å². The van der Waals surface area contributed by atoms with E-state index in [2.05, 4.69) is 0 Å². The Balaban J connectivity index is 3.01. The van der Waals surface area contributed by atoms with Gasteiger partial charge in [-0.2, -0.15) is 13.2 Å². The maximum absolute atomic E-state index is 12.1. The number of rotatable bonds is 0. The zero-order chi connectivity index (χ0) is 10.2. The lowest BCUT2D eigenvalue weighted by molar-refractivity contribution is -0.113.